The second-order valence-corrected chi connectivity index (χ2v) is 9.65. The Hall–Kier alpha value is -1.43. The number of aromatic nitrogens is 1. The molecule has 2 aromatic carbocycles. The van der Waals surface area contributed by atoms with Crippen molar-refractivity contribution in [2.75, 3.05) is 0 Å². The highest BCUT2D eigenvalue weighted by Gasteiger charge is 2.22. The van der Waals surface area contributed by atoms with Gasteiger partial charge in [0.25, 0.3) is 0 Å². The largest absolute Gasteiger partial charge is 0.459 e. The monoisotopic (exact) mass is 465 g/mol. The fraction of sp³-hybridized carbons (Fsp3) is 0.286. The maximum absolute atomic E-state index is 12.4. The van der Waals surface area contributed by atoms with Crippen LogP contribution >= 0.6 is 39.3 Å². The van der Waals surface area contributed by atoms with Gasteiger partial charge in [-0.05, 0) is 64.1 Å². The van der Waals surface area contributed by atoms with E-state index < -0.39 is 5.60 Å². The summed E-state index contributed by atoms with van der Waals surface area (Å²) in [6, 6.07) is 13.8. The third kappa shape index (κ3) is 4.71. The molecule has 6 heteroatoms. The van der Waals surface area contributed by atoms with Crippen molar-refractivity contribution in [3.8, 4) is 0 Å². The molecule has 0 amide bonds. The van der Waals surface area contributed by atoms with Crippen LogP contribution in [0.5, 0.6) is 0 Å². The van der Waals surface area contributed by atoms with Gasteiger partial charge in [-0.3, -0.25) is 4.79 Å². The summed E-state index contributed by atoms with van der Waals surface area (Å²) >= 11 is 11.3. The van der Waals surface area contributed by atoms with Crippen molar-refractivity contribution in [2.45, 2.75) is 49.6 Å². The van der Waals surface area contributed by atoms with Crippen LogP contribution in [0.15, 0.2) is 56.7 Å². The number of benzene rings is 2. The van der Waals surface area contributed by atoms with E-state index in [9.17, 15) is 4.79 Å². The molecule has 0 saturated carbocycles. The summed E-state index contributed by atoms with van der Waals surface area (Å²) in [6.07, 6.45) is 0. The zero-order valence-electron chi connectivity index (χ0n) is 15.7. The fourth-order valence-corrected chi connectivity index (χ4v) is 4.79. The molecule has 0 aliphatic carbocycles. The number of halogens is 2. The van der Waals surface area contributed by atoms with E-state index in [1.54, 1.807) is 11.8 Å². The molecule has 0 unspecified atom stereocenters. The average molecular weight is 467 g/mol. The zero-order valence-corrected chi connectivity index (χ0v) is 18.8. The first-order chi connectivity index (χ1) is 12.7. The third-order valence-corrected chi connectivity index (χ3v) is 6.11. The minimum atomic E-state index is -0.505. The van der Waals surface area contributed by atoms with Crippen LogP contribution in [0.1, 0.15) is 26.5 Å². The van der Waals surface area contributed by atoms with Crippen LogP contribution in [0.3, 0.4) is 0 Å². The number of nitrogens with zero attached hydrogens (tertiary/aromatic N) is 1. The smallest absolute Gasteiger partial charge is 0.326 e. The molecule has 3 aromatic rings. The Morgan fingerprint density at radius 3 is 2.48 bits per heavy atom. The molecular weight excluding hydrogens is 446 g/mol. The quantitative estimate of drug-likeness (QED) is 0.394. The van der Waals surface area contributed by atoms with Crippen molar-refractivity contribution in [2.24, 2.45) is 0 Å². The molecular formula is C21H21BrClNO2S. The lowest BCUT2D eigenvalue weighted by molar-refractivity contribution is -0.155. The molecule has 1 aromatic heterocycles. The fourth-order valence-electron chi connectivity index (χ4n) is 2.90. The lowest BCUT2D eigenvalue weighted by Crippen LogP contribution is -2.26. The maximum atomic E-state index is 12.4. The minimum Gasteiger partial charge on any atom is -0.459 e. The number of carbonyl (C=O) groups excluding carboxylic acids is 1. The topological polar surface area (TPSA) is 31.2 Å². The van der Waals surface area contributed by atoms with E-state index in [0.29, 0.717) is 5.02 Å². The van der Waals surface area contributed by atoms with Crippen LogP contribution in [0.25, 0.3) is 10.9 Å². The molecule has 0 aliphatic heterocycles. The zero-order chi connectivity index (χ0) is 19.8. The number of carbonyl (C=O) groups is 1. The van der Waals surface area contributed by atoms with Crippen LogP contribution in [0, 0.1) is 6.92 Å². The lowest BCUT2D eigenvalue weighted by atomic mass is 10.2. The van der Waals surface area contributed by atoms with Crippen LogP contribution in [-0.2, 0) is 16.1 Å². The Kier molecular flexibility index (Phi) is 5.94. The summed E-state index contributed by atoms with van der Waals surface area (Å²) in [4.78, 5) is 14.6. The van der Waals surface area contributed by atoms with Crippen molar-refractivity contribution in [1.82, 2.24) is 4.57 Å². The van der Waals surface area contributed by atoms with Crippen molar-refractivity contribution in [3.05, 3.63) is 57.7 Å². The standard InChI is InChI=1S/C21H21BrClNO2S/c1-13-20(27-15-10-8-14(23)9-11-15)19-16(22)6-5-7-17(19)24(13)12-18(25)26-21(2,3)4/h5-11H,12H2,1-4H3. The first-order valence-corrected chi connectivity index (χ1v) is 10.6. The normalized spacial score (nSPS) is 11.8. The lowest BCUT2D eigenvalue weighted by Gasteiger charge is -2.20. The maximum Gasteiger partial charge on any atom is 0.326 e. The van der Waals surface area contributed by atoms with Crippen molar-refractivity contribution >= 4 is 56.2 Å². The van der Waals surface area contributed by atoms with E-state index in [2.05, 4.69) is 15.9 Å². The van der Waals surface area contributed by atoms with Gasteiger partial charge in [0.15, 0.2) is 0 Å². The number of hydrogen-bond acceptors (Lipinski definition) is 3. The molecule has 3 nitrogen and oxygen atoms in total. The van der Waals surface area contributed by atoms with Gasteiger partial charge in [-0.15, -0.1) is 0 Å². The molecule has 0 N–H and O–H groups in total. The molecule has 142 valence electrons. The first kappa shape index (κ1) is 20.3. The van der Waals surface area contributed by atoms with Gasteiger partial charge in [-0.25, -0.2) is 0 Å². The van der Waals surface area contributed by atoms with Crippen LogP contribution in [0.4, 0.5) is 0 Å². The number of esters is 1. The Morgan fingerprint density at radius 1 is 1.19 bits per heavy atom. The van der Waals surface area contributed by atoms with Gasteiger partial charge in [0.1, 0.15) is 12.1 Å². The van der Waals surface area contributed by atoms with Gasteiger partial charge in [0.2, 0.25) is 0 Å². The molecule has 27 heavy (non-hydrogen) atoms. The van der Waals surface area contributed by atoms with Gasteiger partial charge in [-0.2, -0.15) is 0 Å². The SMILES string of the molecule is Cc1c(Sc2ccc(Cl)cc2)c2c(Br)cccc2n1CC(=O)OC(C)(C)C. The number of ether oxygens (including phenoxy) is 1. The minimum absolute atomic E-state index is 0.178. The van der Waals surface area contributed by atoms with Crippen molar-refractivity contribution in [3.63, 3.8) is 0 Å². The Bertz CT molecular complexity index is 990. The molecule has 0 bridgehead atoms. The summed E-state index contributed by atoms with van der Waals surface area (Å²) in [7, 11) is 0. The average Bonchev–Trinajstić information content (AvgIpc) is 2.82. The Labute approximate surface area is 177 Å². The predicted molar refractivity (Wildman–Crippen MR) is 116 cm³/mol. The molecule has 0 spiro atoms. The number of rotatable bonds is 4. The van der Waals surface area contributed by atoms with Gasteiger partial charge in [-0.1, -0.05) is 45.4 Å². The number of fused-ring (bicyclic) bond motifs is 1. The van der Waals surface area contributed by atoms with Crippen LogP contribution < -0.4 is 0 Å². The Morgan fingerprint density at radius 2 is 1.85 bits per heavy atom. The van der Waals surface area contributed by atoms with E-state index in [0.717, 1.165) is 30.9 Å². The molecule has 0 radical (unpaired) electrons. The van der Waals surface area contributed by atoms with Gasteiger partial charge in [0.05, 0.1) is 5.52 Å². The molecule has 1 heterocycles. The highest BCUT2D eigenvalue weighted by Crippen LogP contribution is 2.41. The molecule has 0 saturated heterocycles. The summed E-state index contributed by atoms with van der Waals surface area (Å²) in [5, 5.41) is 1.81. The van der Waals surface area contributed by atoms with Crippen molar-refractivity contribution < 1.29 is 9.53 Å². The van der Waals surface area contributed by atoms with E-state index >= 15 is 0 Å². The summed E-state index contributed by atoms with van der Waals surface area (Å²) < 4.78 is 8.55. The first-order valence-electron chi connectivity index (χ1n) is 8.58. The second kappa shape index (κ2) is 7.90. The summed E-state index contributed by atoms with van der Waals surface area (Å²) in [5.74, 6) is -0.245. The molecule has 0 atom stereocenters. The Balaban J connectivity index is 2.05. The third-order valence-electron chi connectivity index (χ3n) is 3.98. The molecule has 0 fully saturated rings. The van der Waals surface area contributed by atoms with Gasteiger partial charge in [0, 0.05) is 30.4 Å². The van der Waals surface area contributed by atoms with Crippen molar-refractivity contribution in [1.29, 1.82) is 0 Å². The van der Waals surface area contributed by atoms with Crippen LogP contribution in [-0.4, -0.2) is 16.1 Å². The van der Waals surface area contributed by atoms with E-state index in [1.807, 2.05) is 74.7 Å². The van der Waals surface area contributed by atoms with E-state index in [-0.39, 0.29) is 12.5 Å². The second-order valence-electron chi connectivity index (χ2n) is 7.28. The summed E-state index contributed by atoms with van der Waals surface area (Å²) in [6.45, 7) is 7.85. The molecule has 3 rings (SSSR count). The number of hydrogen-bond donors (Lipinski definition) is 0. The molecule has 0 aliphatic rings. The highest BCUT2D eigenvalue weighted by molar-refractivity contribution is 9.10. The summed E-state index contributed by atoms with van der Waals surface area (Å²) in [5.41, 5.74) is 1.53. The van der Waals surface area contributed by atoms with Crippen LogP contribution in [0.2, 0.25) is 5.02 Å². The predicted octanol–water partition coefficient (Wildman–Crippen LogP) is 6.86. The van der Waals surface area contributed by atoms with E-state index in [4.69, 9.17) is 16.3 Å². The van der Waals surface area contributed by atoms with Gasteiger partial charge < -0.3 is 9.30 Å². The highest BCUT2D eigenvalue weighted by atomic mass is 79.9. The van der Waals surface area contributed by atoms with E-state index in [1.165, 1.54) is 0 Å². The van der Waals surface area contributed by atoms with Gasteiger partial charge >= 0.3 is 5.97 Å².